The first-order chi connectivity index (χ1) is 4.79. The maximum atomic E-state index is 10.3. The summed E-state index contributed by atoms with van der Waals surface area (Å²) >= 11 is 0. The fourth-order valence-electron chi connectivity index (χ4n) is 0.618. The van der Waals surface area contributed by atoms with Crippen LogP contribution in [0.4, 0.5) is 0 Å². The van der Waals surface area contributed by atoms with E-state index in [0.717, 1.165) is 5.57 Å². The molecule has 0 spiro atoms. The molecule has 10 heavy (non-hydrogen) atoms. The Hall–Kier alpha value is -1.31. The molecule has 0 bridgehead atoms. The van der Waals surface area contributed by atoms with Gasteiger partial charge in [0.15, 0.2) is 0 Å². The van der Waals surface area contributed by atoms with E-state index >= 15 is 0 Å². The minimum Gasteiger partial charge on any atom is -0.434 e. The number of carbonyl (C=O) groups excluding carboxylic acids is 1. The summed E-state index contributed by atoms with van der Waals surface area (Å²) in [7, 11) is 0. The minimum absolute atomic E-state index is 0.291. The topological polar surface area (TPSA) is 26.3 Å². The predicted octanol–water partition coefficient (Wildman–Crippen LogP) is 1.56. The van der Waals surface area contributed by atoms with Gasteiger partial charge in [0.1, 0.15) is 6.26 Å². The molecular formula is C8H8O2. The minimum atomic E-state index is -0.291. The highest BCUT2D eigenvalue weighted by atomic mass is 16.5. The van der Waals surface area contributed by atoms with Crippen molar-refractivity contribution in [3.63, 3.8) is 0 Å². The van der Waals surface area contributed by atoms with Crippen LogP contribution in [0.2, 0.25) is 0 Å². The number of hydrogen-bond acceptors (Lipinski definition) is 2. The molecule has 0 heterocycles. The van der Waals surface area contributed by atoms with Gasteiger partial charge in [-0.3, -0.25) is 4.79 Å². The van der Waals surface area contributed by atoms with E-state index in [1.807, 2.05) is 24.3 Å². The van der Waals surface area contributed by atoms with Gasteiger partial charge in [-0.1, -0.05) is 24.3 Å². The van der Waals surface area contributed by atoms with Gasteiger partial charge in [0.2, 0.25) is 0 Å². The number of rotatable bonds is 1. The van der Waals surface area contributed by atoms with Crippen LogP contribution < -0.4 is 0 Å². The van der Waals surface area contributed by atoms with Crippen LogP contribution in [0.25, 0.3) is 0 Å². The number of allylic oxidation sites excluding steroid dienone is 5. The van der Waals surface area contributed by atoms with Gasteiger partial charge in [-0.25, -0.2) is 0 Å². The molecule has 0 aliphatic heterocycles. The summed E-state index contributed by atoms with van der Waals surface area (Å²) in [5.74, 6) is -0.291. The van der Waals surface area contributed by atoms with E-state index in [-0.39, 0.29) is 5.97 Å². The lowest BCUT2D eigenvalue weighted by molar-refractivity contribution is -0.135. The summed E-state index contributed by atoms with van der Waals surface area (Å²) < 4.78 is 4.62. The smallest absolute Gasteiger partial charge is 0.307 e. The van der Waals surface area contributed by atoms with E-state index < -0.39 is 0 Å². The summed E-state index contributed by atoms with van der Waals surface area (Å²) in [6, 6.07) is 0. The summed E-state index contributed by atoms with van der Waals surface area (Å²) in [5, 5.41) is 0. The van der Waals surface area contributed by atoms with Crippen LogP contribution in [-0.4, -0.2) is 5.97 Å². The van der Waals surface area contributed by atoms with E-state index in [1.54, 1.807) is 0 Å². The molecule has 0 fully saturated rings. The monoisotopic (exact) mass is 136 g/mol. The van der Waals surface area contributed by atoms with Crippen LogP contribution in [0.3, 0.4) is 0 Å². The molecule has 0 aromatic heterocycles. The Morgan fingerprint density at radius 2 is 2.10 bits per heavy atom. The van der Waals surface area contributed by atoms with Gasteiger partial charge in [-0.05, 0) is 0 Å². The first-order valence-corrected chi connectivity index (χ1v) is 3.01. The summed E-state index contributed by atoms with van der Waals surface area (Å²) in [6.07, 6.45) is 8.93. The van der Waals surface area contributed by atoms with E-state index in [2.05, 4.69) is 4.74 Å². The van der Waals surface area contributed by atoms with Crippen molar-refractivity contribution in [1.29, 1.82) is 0 Å². The zero-order chi connectivity index (χ0) is 7.40. The summed E-state index contributed by atoms with van der Waals surface area (Å²) in [5.41, 5.74) is 0.912. The van der Waals surface area contributed by atoms with Crippen molar-refractivity contribution in [2.75, 3.05) is 0 Å². The molecule has 0 unspecified atom stereocenters. The number of esters is 1. The van der Waals surface area contributed by atoms with Crippen LogP contribution in [-0.2, 0) is 9.53 Å². The lowest BCUT2D eigenvalue weighted by Crippen LogP contribution is -1.90. The average molecular weight is 136 g/mol. The molecule has 0 aromatic carbocycles. The first-order valence-electron chi connectivity index (χ1n) is 3.01. The third-order valence-corrected chi connectivity index (χ3v) is 1.05. The Kier molecular flexibility index (Phi) is 2.05. The Labute approximate surface area is 59.5 Å². The van der Waals surface area contributed by atoms with Gasteiger partial charge < -0.3 is 4.74 Å². The maximum Gasteiger partial charge on any atom is 0.307 e. The van der Waals surface area contributed by atoms with Crippen LogP contribution in [0.1, 0.15) is 6.92 Å². The molecule has 1 aliphatic rings. The highest BCUT2D eigenvalue weighted by Crippen LogP contribution is 2.06. The van der Waals surface area contributed by atoms with Gasteiger partial charge in [0, 0.05) is 12.5 Å². The molecule has 0 saturated carbocycles. The highest BCUT2D eigenvalue weighted by Gasteiger charge is 1.92. The predicted molar refractivity (Wildman–Crippen MR) is 38.1 cm³/mol. The van der Waals surface area contributed by atoms with Crippen LogP contribution >= 0.6 is 0 Å². The van der Waals surface area contributed by atoms with E-state index in [0.29, 0.717) is 0 Å². The van der Waals surface area contributed by atoms with Crippen molar-refractivity contribution in [1.82, 2.24) is 0 Å². The zero-order valence-electron chi connectivity index (χ0n) is 5.70. The molecule has 2 nitrogen and oxygen atoms in total. The molecule has 0 radical (unpaired) electrons. The molecule has 2 heteroatoms. The number of ether oxygens (including phenoxy) is 1. The molecule has 1 aliphatic carbocycles. The Morgan fingerprint density at radius 1 is 1.50 bits per heavy atom. The fourth-order valence-corrected chi connectivity index (χ4v) is 0.618. The Bertz CT molecular complexity index is 207. The second kappa shape index (κ2) is 3.01. The molecule has 0 aromatic rings. The van der Waals surface area contributed by atoms with Crippen molar-refractivity contribution < 1.29 is 9.53 Å². The molecule has 0 N–H and O–H groups in total. The standard InChI is InChI=1S/C8H8O2/c1-7(9)10-6-8-4-2-3-5-8/h2-6H,1H3. The van der Waals surface area contributed by atoms with E-state index in [9.17, 15) is 4.79 Å². The Morgan fingerprint density at radius 3 is 2.60 bits per heavy atom. The molecule has 52 valence electrons. The van der Waals surface area contributed by atoms with Crippen molar-refractivity contribution in [2.45, 2.75) is 6.92 Å². The third kappa shape index (κ3) is 1.90. The lowest BCUT2D eigenvalue weighted by atomic mass is 10.3. The fraction of sp³-hybridized carbons (Fsp3) is 0.125. The lowest BCUT2D eigenvalue weighted by Gasteiger charge is -1.91. The van der Waals surface area contributed by atoms with Crippen LogP contribution in [0.5, 0.6) is 0 Å². The van der Waals surface area contributed by atoms with Crippen molar-refractivity contribution in [3.8, 4) is 0 Å². The molecule has 0 atom stereocenters. The second-order valence-electron chi connectivity index (χ2n) is 1.95. The normalized spacial score (nSPS) is 13.9. The molecule has 1 rings (SSSR count). The van der Waals surface area contributed by atoms with Crippen molar-refractivity contribution in [2.24, 2.45) is 0 Å². The average Bonchev–Trinajstić information content (AvgIpc) is 2.34. The van der Waals surface area contributed by atoms with Gasteiger partial charge in [0.25, 0.3) is 0 Å². The summed E-state index contributed by atoms with van der Waals surface area (Å²) in [6.45, 7) is 1.37. The van der Waals surface area contributed by atoms with Gasteiger partial charge in [-0.2, -0.15) is 0 Å². The second-order valence-corrected chi connectivity index (χ2v) is 1.95. The largest absolute Gasteiger partial charge is 0.434 e. The maximum absolute atomic E-state index is 10.3. The quantitative estimate of drug-likeness (QED) is 0.404. The van der Waals surface area contributed by atoms with Crippen LogP contribution in [0.15, 0.2) is 36.1 Å². The van der Waals surface area contributed by atoms with Gasteiger partial charge >= 0.3 is 5.97 Å². The number of hydrogen-bond donors (Lipinski definition) is 0. The van der Waals surface area contributed by atoms with Crippen molar-refractivity contribution in [3.05, 3.63) is 36.1 Å². The first kappa shape index (κ1) is 6.81. The van der Waals surface area contributed by atoms with Crippen LogP contribution in [0, 0.1) is 0 Å². The van der Waals surface area contributed by atoms with Gasteiger partial charge in [0.05, 0.1) is 0 Å². The SMILES string of the molecule is CC(=O)OC=C1C=CC=C1. The molecule has 0 amide bonds. The zero-order valence-corrected chi connectivity index (χ0v) is 5.70. The van der Waals surface area contributed by atoms with Gasteiger partial charge in [-0.15, -0.1) is 0 Å². The molecular weight excluding hydrogens is 128 g/mol. The number of carbonyl (C=O) groups is 1. The van der Waals surface area contributed by atoms with E-state index in [1.165, 1.54) is 13.2 Å². The summed E-state index contributed by atoms with van der Waals surface area (Å²) in [4.78, 5) is 10.3. The third-order valence-electron chi connectivity index (χ3n) is 1.05. The van der Waals surface area contributed by atoms with E-state index in [4.69, 9.17) is 0 Å². The highest BCUT2D eigenvalue weighted by molar-refractivity contribution is 5.67. The Balaban J connectivity index is 2.48. The van der Waals surface area contributed by atoms with Crippen molar-refractivity contribution >= 4 is 5.97 Å². The molecule has 0 saturated heterocycles.